The molecule has 0 bridgehead atoms. The minimum absolute atomic E-state index is 0.0423. The molecule has 1 fully saturated rings. The molecule has 1 rings (SSSR count). The third kappa shape index (κ3) is 6.38. The second-order valence-corrected chi connectivity index (χ2v) is 7.98. The lowest BCUT2D eigenvalue weighted by atomic mass is 9.84. The van der Waals surface area contributed by atoms with E-state index >= 15 is 0 Å². The van der Waals surface area contributed by atoms with Gasteiger partial charge in [0.15, 0.2) is 0 Å². The highest BCUT2D eigenvalue weighted by molar-refractivity contribution is 7.90. The van der Waals surface area contributed by atoms with E-state index in [-0.39, 0.29) is 24.1 Å². The van der Waals surface area contributed by atoms with E-state index in [9.17, 15) is 13.2 Å². The molecule has 1 unspecified atom stereocenters. The number of nitrogens with two attached hydrogens (primary N) is 1. The Kier molecular flexibility index (Phi) is 6.26. The second kappa shape index (κ2) is 7.24. The molecule has 19 heavy (non-hydrogen) atoms. The first-order valence-corrected chi connectivity index (χ1v) is 9.09. The summed E-state index contributed by atoms with van der Waals surface area (Å²) in [6.45, 7) is 2.01. The summed E-state index contributed by atoms with van der Waals surface area (Å²) in [6, 6.07) is -0.613. The molecule has 0 aromatic carbocycles. The highest BCUT2D eigenvalue weighted by atomic mass is 32.2. The zero-order valence-corrected chi connectivity index (χ0v) is 12.7. The van der Waals surface area contributed by atoms with Crippen LogP contribution in [0.2, 0.25) is 0 Å². The molecule has 112 valence electrons. The van der Waals surface area contributed by atoms with E-state index in [1.54, 1.807) is 0 Å². The molecule has 0 heterocycles. The van der Waals surface area contributed by atoms with E-state index < -0.39 is 15.9 Å². The Balaban J connectivity index is 2.36. The minimum Gasteiger partial charge on any atom is -0.352 e. The van der Waals surface area contributed by atoms with Crippen molar-refractivity contribution in [2.75, 3.05) is 12.0 Å². The first-order chi connectivity index (χ1) is 8.79. The van der Waals surface area contributed by atoms with Crippen molar-refractivity contribution in [1.29, 1.82) is 0 Å². The lowest BCUT2D eigenvalue weighted by Gasteiger charge is -2.29. The van der Waals surface area contributed by atoms with E-state index in [1.807, 2.05) is 6.92 Å². The predicted octanol–water partition coefficient (Wildman–Crippen LogP) is 0.833. The maximum Gasteiger partial charge on any atom is 0.237 e. The molecule has 2 atom stereocenters. The van der Waals surface area contributed by atoms with E-state index in [0.717, 1.165) is 19.1 Å². The smallest absolute Gasteiger partial charge is 0.237 e. The number of sulfone groups is 1. The topological polar surface area (TPSA) is 89.3 Å². The van der Waals surface area contributed by atoms with Gasteiger partial charge in [-0.05, 0) is 32.1 Å². The van der Waals surface area contributed by atoms with E-state index in [4.69, 9.17) is 5.73 Å². The highest BCUT2D eigenvalue weighted by Gasteiger charge is 2.23. The molecule has 0 aliphatic heterocycles. The fraction of sp³-hybridized carbons (Fsp3) is 0.923. The van der Waals surface area contributed by atoms with Crippen LogP contribution in [0, 0.1) is 5.92 Å². The van der Waals surface area contributed by atoms with Gasteiger partial charge < -0.3 is 11.1 Å². The average Bonchev–Trinajstić information content (AvgIpc) is 2.36. The molecule has 0 saturated heterocycles. The SMILES string of the molecule is C[C@H](NC(=O)C(N)CCS(C)(=O)=O)C1CCCCC1. The molecule has 0 radical (unpaired) electrons. The van der Waals surface area contributed by atoms with Gasteiger partial charge in [-0.3, -0.25) is 4.79 Å². The molecular weight excluding hydrogens is 264 g/mol. The van der Waals surface area contributed by atoms with Gasteiger partial charge in [0, 0.05) is 12.3 Å². The minimum atomic E-state index is -3.06. The van der Waals surface area contributed by atoms with Crippen molar-refractivity contribution in [2.45, 2.75) is 57.5 Å². The van der Waals surface area contributed by atoms with Crippen molar-refractivity contribution in [2.24, 2.45) is 11.7 Å². The number of nitrogens with one attached hydrogen (secondary N) is 1. The number of carbonyl (C=O) groups excluding carboxylic acids is 1. The Morgan fingerprint density at radius 1 is 1.32 bits per heavy atom. The number of rotatable bonds is 6. The van der Waals surface area contributed by atoms with Gasteiger partial charge in [-0.2, -0.15) is 0 Å². The van der Waals surface area contributed by atoms with Gasteiger partial charge in [-0.1, -0.05) is 19.3 Å². The molecule has 5 nitrogen and oxygen atoms in total. The zero-order valence-electron chi connectivity index (χ0n) is 11.9. The van der Waals surface area contributed by atoms with Crippen molar-refractivity contribution in [1.82, 2.24) is 5.32 Å². The lowest BCUT2D eigenvalue weighted by molar-refractivity contribution is -0.123. The molecule has 0 aromatic heterocycles. The van der Waals surface area contributed by atoms with Crippen LogP contribution in [0.15, 0.2) is 0 Å². The van der Waals surface area contributed by atoms with Crippen LogP contribution in [-0.4, -0.2) is 38.4 Å². The fourth-order valence-electron chi connectivity index (χ4n) is 2.56. The molecule has 1 aliphatic carbocycles. The first-order valence-electron chi connectivity index (χ1n) is 7.03. The third-order valence-electron chi connectivity index (χ3n) is 3.86. The molecule has 0 spiro atoms. The molecule has 1 amide bonds. The molecule has 3 N–H and O–H groups in total. The van der Waals surface area contributed by atoms with E-state index in [0.29, 0.717) is 5.92 Å². The Morgan fingerprint density at radius 3 is 2.42 bits per heavy atom. The third-order valence-corrected chi connectivity index (χ3v) is 4.84. The molecule has 1 aliphatic rings. The van der Waals surface area contributed by atoms with Crippen molar-refractivity contribution in [3.05, 3.63) is 0 Å². The number of hydrogen-bond acceptors (Lipinski definition) is 4. The fourth-order valence-corrected chi connectivity index (χ4v) is 3.24. The summed E-state index contributed by atoms with van der Waals surface area (Å²) in [5, 5.41) is 2.93. The summed E-state index contributed by atoms with van der Waals surface area (Å²) < 4.78 is 22.1. The maximum atomic E-state index is 11.9. The van der Waals surface area contributed by atoms with Crippen LogP contribution in [-0.2, 0) is 14.6 Å². The van der Waals surface area contributed by atoms with Gasteiger partial charge in [-0.25, -0.2) is 8.42 Å². The van der Waals surface area contributed by atoms with Gasteiger partial charge >= 0.3 is 0 Å². The van der Waals surface area contributed by atoms with E-state index in [1.165, 1.54) is 19.3 Å². The van der Waals surface area contributed by atoms with Crippen molar-refractivity contribution < 1.29 is 13.2 Å². The normalized spacial score (nSPS) is 20.8. The van der Waals surface area contributed by atoms with Gasteiger partial charge in [0.2, 0.25) is 5.91 Å². The van der Waals surface area contributed by atoms with Crippen LogP contribution < -0.4 is 11.1 Å². The first kappa shape index (κ1) is 16.4. The van der Waals surface area contributed by atoms with Crippen LogP contribution in [0.5, 0.6) is 0 Å². The van der Waals surface area contributed by atoms with Gasteiger partial charge in [0.05, 0.1) is 11.8 Å². The summed E-state index contributed by atoms with van der Waals surface area (Å²) >= 11 is 0. The summed E-state index contributed by atoms with van der Waals surface area (Å²) in [4.78, 5) is 11.9. The van der Waals surface area contributed by atoms with Crippen LogP contribution in [0.4, 0.5) is 0 Å². The Hall–Kier alpha value is -0.620. The Labute approximate surface area is 116 Å². The van der Waals surface area contributed by atoms with Crippen LogP contribution >= 0.6 is 0 Å². The summed E-state index contributed by atoms with van der Waals surface area (Å²) in [5.41, 5.74) is 5.73. The maximum absolute atomic E-state index is 11.9. The van der Waals surface area contributed by atoms with E-state index in [2.05, 4.69) is 5.32 Å². The molecule has 0 aromatic rings. The lowest BCUT2D eigenvalue weighted by Crippen LogP contribution is -2.47. The molecule has 1 saturated carbocycles. The van der Waals surface area contributed by atoms with Crippen molar-refractivity contribution in [3.8, 4) is 0 Å². The van der Waals surface area contributed by atoms with Crippen LogP contribution in [0.25, 0.3) is 0 Å². The quantitative estimate of drug-likeness (QED) is 0.758. The Bertz CT molecular complexity index is 389. The van der Waals surface area contributed by atoms with Crippen molar-refractivity contribution in [3.63, 3.8) is 0 Å². The average molecular weight is 290 g/mol. The number of carbonyl (C=O) groups is 1. The Morgan fingerprint density at radius 2 is 1.89 bits per heavy atom. The number of amides is 1. The number of hydrogen-bond donors (Lipinski definition) is 2. The molecule has 6 heteroatoms. The van der Waals surface area contributed by atoms with Gasteiger partial charge in [0.1, 0.15) is 9.84 Å². The monoisotopic (exact) mass is 290 g/mol. The van der Waals surface area contributed by atoms with Gasteiger partial charge in [-0.15, -0.1) is 0 Å². The summed E-state index contributed by atoms with van der Waals surface area (Å²) in [5.74, 6) is 0.251. The zero-order chi connectivity index (χ0) is 14.5. The standard InChI is InChI=1S/C13H26N2O3S/c1-10(11-6-4-3-5-7-11)15-13(16)12(14)8-9-19(2,17)18/h10-12H,3-9,14H2,1-2H3,(H,15,16)/t10-,12?/m0/s1. The second-order valence-electron chi connectivity index (χ2n) is 5.72. The highest BCUT2D eigenvalue weighted by Crippen LogP contribution is 2.26. The largest absolute Gasteiger partial charge is 0.352 e. The summed E-state index contributed by atoms with van der Waals surface area (Å²) in [6.07, 6.45) is 7.38. The molecular formula is C13H26N2O3S. The van der Waals surface area contributed by atoms with Gasteiger partial charge in [0.25, 0.3) is 0 Å². The van der Waals surface area contributed by atoms with Crippen LogP contribution in [0.1, 0.15) is 45.4 Å². The summed E-state index contributed by atoms with van der Waals surface area (Å²) in [7, 11) is -3.06. The predicted molar refractivity (Wildman–Crippen MR) is 76.5 cm³/mol. The van der Waals surface area contributed by atoms with Crippen LogP contribution in [0.3, 0.4) is 0 Å². The van der Waals surface area contributed by atoms with Crippen molar-refractivity contribution >= 4 is 15.7 Å².